The molecule has 1 aliphatic rings. The van der Waals surface area contributed by atoms with Crippen molar-refractivity contribution >= 4 is 6.09 Å². The highest BCUT2D eigenvalue weighted by molar-refractivity contribution is 5.68. The monoisotopic (exact) mass is 237 g/mol. The third kappa shape index (κ3) is 3.62. The molecule has 1 rings (SSSR count). The first-order chi connectivity index (χ1) is 7.71. The van der Waals surface area contributed by atoms with Crippen LogP contribution in [0, 0.1) is 5.41 Å². The molecule has 17 heavy (non-hydrogen) atoms. The maximum Gasteiger partial charge on any atom is 0.414 e. The lowest BCUT2D eigenvalue weighted by Gasteiger charge is -2.27. The van der Waals surface area contributed by atoms with Crippen LogP contribution in [0.4, 0.5) is 4.79 Å². The Morgan fingerprint density at radius 2 is 1.88 bits per heavy atom. The summed E-state index contributed by atoms with van der Waals surface area (Å²) >= 11 is 0. The van der Waals surface area contributed by atoms with E-state index in [2.05, 4.69) is 26.8 Å². The highest BCUT2D eigenvalue weighted by atomic mass is 16.6. The van der Waals surface area contributed by atoms with E-state index in [1.807, 2.05) is 6.92 Å². The van der Waals surface area contributed by atoms with Gasteiger partial charge in [0.2, 0.25) is 0 Å². The van der Waals surface area contributed by atoms with Gasteiger partial charge in [0, 0.05) is 20.5 Å². The normalized spacial score (nSPS) is 16.7. The highest BCUT2D eigenvalue weighted by Gasteiger charge is 2.22. The van der Waals surface area contributed by atoms with Crippen LogP contribution in [0.3, 0.4) is 0 Å². The molecule has 0 atom stereocenters. The summed E-state index contributed by atoms with van der Waals surface area (Å²) in [5.74, 6) is 0.802. The summed E-state index contributed by atoms with van der Waals surface area (Å²) in [5, 5.41) is 0. The summed E-state index contributed by atoms with van der Waals surface area (Å²) in [6.45, 7) is 8.64. The second-order valence-corrected chi connectivity index (χ2v) is 5.79. The second-order valence-electron chi connectivity index (χ2n) is 5.79. The molecule has 0 aromatic heterocycles. The number of hydrogen-bond acceptors (Lipinski definition) is 2. The zero-order valence-electron chi connectivity index (χ0n) is 11.8. The van der Waals surface area contributed by atoms with Gasteiger partial charge in [-0.2, -0.15) is 0 Å². The number of carbonyl (C=O) groups is 1. The molecule has 0 spiro atoms. The lowest BCUT2D eigenvalue weighted by Crippen LogP contribution is -2.23. The Morgan fingerprint density at radius 3 is 2.29 bits per heavy atom. The summed E-state index contributed by atoms with van der Waals surface area (Å²) in [4.78, 5) is 12.9. The van der Waals surface area contributed by atoms with E-state index in [-0.39, 0.29) is 11.5 Å². The Kier molecular flexibility index (Phi) is 4.02. The SMILES string of the molecule is CC1=C(OC(=O)N(C)C)CCC(C(C)(C)C)=C1. The van der Waals surface area contributed by atoms with Gasteiger partial charge in [0.25, 0.3) is 0 Å². The molecule has 0 bridgehead atoms. The van der Waals surface area contributed by atoms with E-state index in [4.69, 9.17) is 4.74 Å². The Labute approximate surface area is 104 Å². The fraction of sp³-hybridized carbons (Fsp3) is 0.643. The molecular formula is C14H23NO2. The lowest BCUT2D eigenvalue weighted by molar-refractivity contribution is 0.142. The first-order valence-electron chi connectivity index (χ1n) is 6.01. The first-order valence-corrected chi connectivity index (χ1v) is 6.01. The average Bonchev–Trinajstić information content (AvgIpc) is 2.19. The van der Waals surface area contributed by atoms with Crippen molar-refractivity contribution in [3.63, 3.8) is 0 Å². The Morgan fingerprint density at radius 1 is 1.29 bits per heavy atom. The summed E-state index contributed by atoms with van der Waals surface area (Å²) < 4.78 is 5.35. The van der Waals surface area contributed by atoms with Gasteiger partial charge in [-0.3, -0.25) is 0 Å². The first kappa shape index (κ1) is 13.8. The average molecular weight is 237 g/mol. The number of ether oxygens (including phenoxy) is 1. The quantitative estimate of drug-likeness (QED) is 0.695. The molecule has 1 aliphatic carbocycles. The molecule has 0 aromatic carbocycles. The molecule has 0 unspecified atom stereocenters. The highest BCUT2D eigenvalue weighted by Crippen LogP contribution is 2.35. The van der Waals surface area contributed by atoms with Crippen molar-refractivity contribution in [1.29, 1.82) is 0 Å². The van der Waals surface area contributed by atoms with Crippen molar-refractivity contribution in [2.24, 2.45) is 5.41 Å². The molecule has 0 aliphatic heterocycles. The minimum atomic E-state index is -0.299. The third-order valence-electron chi connectivity index (χ3n) is 2.99. The van der Waals surface area contributed by atoms with Gasteiger partial charge >= 0.3 is 6.09 Å². The maximum absolute atomic E-state index is 11.5. The molecule has 3 nitrogen and oxygen atoms in total. The summed E-state index contributed by atoms with van der Waals surface area (Å²) in [6, 6.07) is 0. The van der Waals surface area contributed by atoms with Crippen LogP contribution in [-0.4, -0.2) is 25.1 Å². The number of hydrogen-bond donors (Lipinski definition) is 0. The van der Waals surface area contributed by atoms with Crippen molar-refractivity contribution < 1.29 is 9.53 Å². The van der Waals surface area contributed by atoms with Gasteiger partial charge in [-0.1, -0.05) is 32.4 Å². The second kappa shape index (κ2) is 4.94. The van der Waals surface area contributed by atoms with Crippen molar-refractivity contribution in [2.45, 2.75) is 40.5 Å². The Hall–Kier alpha value is -1.25. The van der Waals surface area contributed by atoms with E-state index in [1.54, 1.807) is 14.1 Å². The van der Waals surface area contributed by atoms with Gasteiger partial charge in [0.1, 0.15) is 5.76 Å². The minimum Gasteiger partial charge on any atom is -0.414 e. The number of rotatable bonds is 1. The van der Waals surface area contributed by atoms with Crippen molar-refractivity contribution in [2.75, 3.05) is 14.1 Å². The molecule has 0 N–H and O–H groups in total. The van der Waals surface area contributed by atoms with Gasteiger partial charge in [-0.25, -0.2) is 4.79 Å². The standard InChI is InChI=1S/C14H23NO2/c1-10-9-11(14(2,3)4)7-8-12(10)17-13(16)15(5)6/h9H,7-8H2,1-6H3. The minimum absolute atomic E-state index is 0.193. The zero-order chi connectivity index (χ0) is 13.2. The molecule has 0 saturated heterocycles. The summed E-state index contributed by atoms with van der Waals surface area (Å²) in [5.41, 5.74) is 2.68. The van der Waals surface area contributed by atoms with E-state index in [0.29, 0.717) is 0 Å². The van der Waals surface area contributed by atoms with Gasteiger partial charge in [-0.15, -0.1) is 0 Å². The summed E-state index contributed by atoms with van der Waals surface area (Å²) in [7, 11) is 3.38. The number of allylic oxidation sites excluding steroid dienone is 4. The Balaban J connectivity index is 2.84. The van der Waals surface area contributed by atoms with Crippen LogP contribution < -0.4 is 0 Å². The topological polar surface area (TPSA) is 29.5 Å². The van der Waals surface area contributed by atoms with Crippen LogP contribution in [0.25, 0.3) is 0 Å². The number of amides is 1. The van der Waals surface area contributed by atoms with E-state index in [9.17, 15) is 4.79 Å². The molecule has 1 amide bonds. The van der Waals surface area contributed by atoms with Gasteiger partial charge in [0.05, 0.1) is 0 Å². The molecule has 96 valence electrons. The van der Waals surface area contributed by atoms with Gasteiger partial charge in [-0.05, 0) is 24.3 Å². The zero-order valence-corrected chi connectivity index (χ0v) is 11.8. The van der Waals surface area contributed by atoms with Crippen LogP contribution in [0.5, 0.6) is 0 Å². The molecule has 0 fully saturated rings. The summed E-state index contributed by atoms with van der Waals surface area (Å²) in [6.07, 6.45) is 3.64. The molecule has 3 heteroatoms. The fourth-order valence-corrected chi connectivity index (χ4v) is 1.78. The number of nitrogens with zero attached hydrogens (tertiary/aromatic N) is 1. The molecule has 0 saturated carbocycles. The number of carbonyl (C=O) groups excluding carboxylic acids is 1. The smallest absolute Gasteiger partial charge is 0.414 e. The van der Waals surface area contributed by atoms with E-state index < -0.39 is 0 Å². The predicted molar refractivity (Wildman–Crippen MR) is 69.6 cm³/mol. The molecule has 0 radical (unpaired) electrons. The van der Waals surface area contributed by atoms with Crippen LogP contribution in [0.2, 0.25) is 0 Å². The van der Waals surface area contributed by atoms with Crippen LogP contribution in [-0.2, 0) is 4.74 Å². The largest absolute Gasteiger partial charge is 0.414 e. The van der Waals surface area contributed by atoms with Crippen molar-refractivity contribution in [3.05, 3.63) is 23.0 Å². The fourth-order valence-electron chi connectivity index (χ4n) is 1.78. The third-order valence-corrected chi connectivity index (χ3v) is 2.99. The van der Waals surface area contributed by atoms with Gasteiger partial charge in [0.15, 0.2) is 0 Å². The maximum atomic E-state index is 11.5. The van der Waals surface area contributed by atoms with Crippen LogP contribution in [0.1, 0.15) is 40.5 Å². The Bertz CT molecular complexity index is 370. The van der Waals surface area contributed by atoms with Crippen LogP contribution >= 0.6 is 0 Å². The van der Waals surface area contributed by atoms with Crippen molar-refractivity contribution in [1.82, 2.24) is 4.90 Å². The predicted octanol–water partition coefficient (Wildman–Crippen LogP) is 3.72. The van der Waals surface area contributed by atoms with E-state index in [0.717, 1.165) is 24.2 Å². The van der Waals surface area contributed by atoms with Gasteiger partial charge < -0.3 is 9.64 Å². The lowest BCUT2D eigenvalue weighted by atomic mass is 9.80. The molecule has 0 heterocycles. The van der Waals surface area contributed by atoms with Crippen molar-refractivity contribution in [3.8, 4) is 0 Å². The van der Waals surface area contributed by atoms with Crippen LogP contribution in [0.15, 0.2) is 23.0 Å². The van der Waals surface area contributed by atoms with E-state index >= 15 is 0 Å². The van der Waals surface area contributed by atoms with E-state index in [1.165, 1.54) is 10.5 Å². The molecular weight excluding hydrogens is 214 g/mol. The molecule has 0 aromatic rings.